The molecule has 0 amide bonds. The molecule has 3 N–H and O–H groups in total. The third-order valence-electron chi connectivity index (χ3n) is 2.95. The predicted octanol–water partition coefficient (Wildman–Crippen LogP) is 3.00. The lowest BCUT2D eigenvalue weighted by molar-refractivity contribution is 0.0972. The van der Waals surface area contributed by atoms with Crippen LogP contribution in [0.2, 0.25) is 0 Å². The van der Waals surface area contributed by atoms with Gasteiger partial charge in [0.1, 0.15) is 5.00 Å². The molecule has 0 bridgehead atoms. The number of ether oxygens (including phenoxy) is 1. The molecule has 0 radical (unpaired) electrons. The number of methoxy groups -OCH3 is 1. The maximum atomic E-state index is 12.1. The number of thiophene rings is 1. The van der Waals surface area contributed by atoms with Crippen molar-refractivity contribution < 1.29 is 9.53 Å². The highest BCUT2D eigenvalue weighted by molar-refractivity contribution is 7.19. The highest BCUT2D eigenvalue weighted by atomic mass is 32.1. The van der Waals surface area contributed by atoms with Crippen LogP contribution in [0.3, 0.4) is 0 Å². The van der Waals surface area contributed by atoms with E-state index >= 15 is 0 Å². The Morgan fingerprint density at radius 3 is 2.72 bits per heavy atom. The average Bonchev–Trinajstić information content (AvgIpc) is 3.11. The van der Waals surface area contributed by atoms with Crippen molar-refractivity contribution in [2.45, 2.75) is 26.7 Å². The number of Topliss-reactive ketones (excluding diaryl/α,β-unsaturated/α-hetero) is 1. The van der Waals surface area contributed by atoms with Crippen LogP contribution in [-0.4, -0.2) is 19.4 Å². The van der Waals surface area contributed by atoms with Crippen molar-refractivity contribution in [2.75, 3.05) is 24.7 Å². The van der Waals surface area contributed by atoms with E-state index < -0.39 is 0 Å². The molecule has 0 spiro atoms. The van der Waals surface area contributed by atoms with Crippen molar-refractivity contribution in [3.63, 3.8) is 0 Å². The zero-order valence-electron chi connectivity index (χ0n) is 11.1. The summed E-state index contributed by atoms with van der Waals surface area (Å²) in [7, 11) is 1.59. The van der Waals surface area contributed by atoms with E-state index in [1.165, 1.54) is 11.3 Å². The third-order valence-corrected chi connectivity index (χ3v) is 4.11. The van der Waals surface area contributed by atoms with Gasteiger partial charge in [-0.15, -0.1) is 11.3 Å². The number of nitrogens with two attached hydrogens (primary N) is 1. The second-order valence-corrected chi connectivity index (χ2v) is 6.14. The first-order chi connectivity index (χ1) is 8.54. The normalized spacial score (nSPS) is 14.9. The Morgan fingerprint density at radius 2 is 2.22 bits per heavy atom. The lowest BCUT2D eigenvalue weighted by Gasteiger charge is -2.08. The van der Waals surface area contributed by atoms with Gasteiger partial charge in [-0.1, -0.05) is 13.8 Å². The van der Waals surface area contributed by atoms with Crippen LogP contribution in [0, 0.1) is 11.8 Å². The van der Waals surface area contributed by atoms with E-state index in [0.29, 0.717) is 22.2 Å². The fourth-order valence-corrected chi connectivity index (χ4v) is 2.87. The molecule has 5 heteroatoms. The molecular formula is C13H20N2O2S. The number of carbonyl (C=O) groups is 1. The minimum atomic E-state index is 0.174. The Labute approximate surface area is 112 Å². The summed E-state index contributed by atoms with van der Waals surface area (Å²) in [5.41, 5.74) is 6.50. The second kappa shape index (κ2) is 5.18. The molecule has 18 heavy (non-hydrogen) atoms. The summed E-state index contributed by atoms with van der Waals surface area (Å²) in [6.07, 6.45) is 1.99. The molecule has 100 valence electrons. The van der Waals surface area contributed by atoms with Gasteiger partial charge in [0.25, 0.3) is 0 Å². The number of hydrogen-bond acceptors (Lipinski definition) is 5. The first-order valence-corrected chi connectivity index (χ1v) is 7.10. The summed E-state index contributed by atoms with van der Waals surface area (Å²) >= 11 is 1.42. The minimum Gasteiger partial charge on any atom is -0.492 e. The molecule has 0 saturated heterocycles. The van der Waals surface area contributed by atoms with Gasteiger partial charge < -0.3 is 15.8 Å². The van der Waals surface area contributed by atoms with Crippen LogP contribution < -0.4 is 15.8 Å². The van der Waals surface area contributed by atoms with Gasteiger partial charge in [-0.25, -0.2) is 0 Å². The highest BCUT2D eigenvalue weighted by Gasteiger charge is 2.34. The third kappa shape index (κ3) is 2.61. The van der Waals surface area contributed by atoms with E-state index in [1.54, 1.807) is 7.11 Å². The highest BCUT2D eigenvalue weighted by Crippen LogP contribution is 2.46. The summed E-state index contributed by atoms with van der Waals surface area (Å²) in [6.45, 7) is 5.10. The zero-order chi connectivity index (χ0) is 13.3. The Hall–Kier alpha value is -1.23. The summed E-state index contributed by atoms with van der Waals surface area (Å²) < 4.78 is 5.31. The Kier molecular flexibility index (Phi) is 3.80. The molecule has 1 saturated carbocycles. The van der Waals surface area contributed by atoms with E-state index in [9.17, 15) is 4.79 Å². The van der Waals surface area contributed by atoms with Crippen LogP contribution in [0.4, 0.5) is 10.7 Å². The van der Waals surface area contributed by atoms with Crippen LogP contribution in [-0.2, 0) is 0 Å². The van der Waals surface area contributed by atoms with Gasteiger partial charge in [0.05, 0.1) is 17.7 Å². The quantitative estimate of drug-likeness (QED) is 0.778. The standard InChI is InChI=1S/C13H20N2O2S/c1-7(2)6-15-13-11(17-3)9(14)12(18-13)10(16)8-4-5-8/h7-8,15H,4-6,14H2,1-3H3. The van der Waals surface area contributed by atoms with E-state index in [0.717, 1.165) is 24.4 Å². The van der Waals surface area contributed by atoms with Crippen molar-refractivity contribution in [3.05, 3.63) is 4.88 Å². The predicted molar refractivity (Wildman–Crippen MR) is 75.7 cm³/mol. The van der Waals surface area contributed by atoms with Gasteiger partial charge in [0.2, 0.25) is 0 Å². The molecule has 0 unspecified atom stereocenters. The lowest BCUT2D eigenvalue weighted by atomic mass is 10.2. The van der Waals surface area contributed by atoms with E-state index in [-0.39, 0.29) is 11.7 Å². The first kappa shape index (κ1) is 13.2. The van der Waals surface area contributed by atoms with Gasteiger partial charge in [0, 0.05) is 12.5 Å². The molecule has 1 aliphatic carbocycles. The molecule has 4 nitrogen and oxygen atoms in total. The van der Waals surface area contributed by atoms with Crippen LogP contribution in [0.15, 0.2) is 0 Å². The monoisotopic (exact) mass is 268 g/mol. The maximum Gasteiger partial charge on any atom is 0.178 e. The molecule has 1 fully saturated rings. The van der Waals surface area contributed by atoms with Crippen molar-refractivity contribution in [1.29, 1.82) is 0 Å². The molecule has 1 aliphatic rings. The maximum absolute atomic E-state index is 12.1. The van der Waals surface area contributed by atoms with Crippen molar-refractivity contribution in [2.24, 2.45) is 11.8 Å². The number of carbonyl (C=O) groups excluding carboxylic acids is 1. The van der Waals surface area contributed by atoms with Gasteiger partial charge in [-0.3, -0.25) is 4.79 Å². The van der Waals surface area contributed by atoms with E-state index in [2.05, 4.69) is 19.2 Å². The number of rotatable bonds is 6. The summed E-state index contributed by atoms with van der Waals surface area (Å²) in [4.78, 5) is 12.7. The number of hydrogen-bond donors (Lipinski definition) is 2. The summed E-state index contributed by atoms with van der Waals surface area (Å²) in [5.74, 6) is 1.51. The molecule has 0 aromatic carbocycles. The molecule has 1 aromatic heterocycles. The fraction of sp³-hybridized carbons (Fsp3) is 0.615. The topological polar surface area (TPSA) is 64.3 Å². The lowest BCUT2D eigenvalue weighted by Crippen LogP contribution is -2.07. The minimum absolute atomic E-state index is 0.174. The average molecular weight is 268 g/mol. The van der Waals surface area contributed by atoms with E-state index in [1.807, 2.05) is 0 Å². The smallest absolute Gasteiger partial charge is 0.178 e. The molecule has 1 aromatic rings. The molecule has 0 aliphatic heterocycles. The van der Waals surface area contributed by atoms with Crippen molar-refractivity contribution in [3.8, 4) is 5.75 Å². The Morgan fingerprint density at radius 1 is 1.56 bits per heavy atom. The van der Waals surface area contributed by atoms with Crippen LogP contribution in [0.1, 0.15) is 36.4 Å². The number of nitrogen functional groups attached to an aromatic ring is 1. The van der Waals surface area contributed by atoms with Gasteiger partial charge >= 0.3 is 0 Å². The Balaban J connectivity index is 2.23. The summed E-state index contributed by atoms with van der Waals surface area (Å²) in [6, 6.07) is 0. The zero-order valence-corrected chi connectivity index (χ0v) is 11.9. The Bertz CT molecular complexity index is 450. The molecule has 2 rings (SSSR count). The second-order valence-electron chi connectivity index (χ2n) is 5.12. The fourth-order valence-electron chi connectivity index (χ4n) is 1.76. The van der Waals surface area contributed by atoms with Crippen molar-refractivity contribution >= 4 is 27.8 Å². The van der Waals surface area contributed by atoms with Gasteiger partial charge in [-0.2, -0.15) is 0 Å². The van der Waals surface area contributed by atoms with Crippen LogP contribution in [0.25, 0.3) is 0 Å². The number of anilines is 2. The van der Waals surface area contributed by atoms with Crippen LogP contribution >= 0.6 is 11.3 Å². The van der Waals surface area contributed by atoms with Crippen molar-refractivity contribution in [1.82, 2.24) is 0 Å². The number of nitrogens with one attached hydrogen (secondary N) is 1. The number of ketones is 1. The molecule has 0 atom stereocenters. The van der Waals surface area contributed by atoms with Gasteiger partial charge in [-0.05, 0) is 18.8 Å². The van der Waals surface area contributed by atoms with Crippen LogP contribution in [0.5, 0.6) is 5.75 Å². The van der Waals surface area contributed by atoms with Gasteiger partial charge in [0.15, 0.2) is 11.5 Å². The molecular weight excluding hydrogens is 248 g/mol. The summed E-state index contributed by atoms with van der Waals surface area (Å²) in [5, 5.41) is 4.17. The molecule has 1 heterocycles. The largest absolute Gasteiger partial charge is 0.492 e. The van der Waals surface area contributed by atoms with E-state index in [4.69, 9.17) is 10.5 Å². The first-order valence-electron chi connectivity index (χ1n) is 6.29. The SMILES string of the molecule is COc1c(NCC(C)C)sc(C(=O)C2CC2)c1N.